The molecule has 0 spiro atoms. The van der Waals surface area contributed by atoms with E-state index in [1.807, 2.05) is 13.8 Å². The predicted octanol–water partition coefficient (Wildman–Crippen LogP) is 3.65. The van der Waals surface area contributed by atoms with Crippen LogP contribution in [0.4, 0.5) is 0 Å². The van der Waals surface area contributed by atoms with Gasteiger partial charge < -0.3 is 9.64 Å². The Bertz CT molecular complexity index is 562. The van der Waals surface area contributed by atoms with Crippen molar-refractivity contribution < 1.29 is 14.3 Å². The van der Waals surface area contributed by atoms with E-state index in [9.17, 15) is 9.59 Å². The summed E-state index contributed by atoms with van der Waals surface area (Å²) >= 11 is 9.17. The molecule has 1 aromatic rings. The van der Waals surface area contributed by atoms with Gasteiger partial charge in [-0.2, -0.15) is 0 Å². The maximum Gasteiger partial charge on any atom is 0.334 e. The van der Waals surface area contributed by atoms with Crippen molar-refractivity contribution in [1.29, 1.82) is 0 Å². The highest BCUT2D eigenvalue weighted by atomic mass is 79.9. The second kappa shape index (κ2) is 6.79. The van der Waals surface area contributed by atoms with E-state index in [1.54, 1.807) is 23.1 Å². The molecule has 4 nitrogen and oxygen atoms in total. The number of ether oxygens (including phenoxy) is 1. The van der Waals surface area contributed by atoms with Crippen molar-refractivity contribution in [3.8, 4) is 5.75 Å². The molecule has 1 aromatic carbocycles. The van der Waals surface area contributed by atoms with Gasteiger partial charge in [0.15, 0.2) is 0 Å². The van der Waals surface area contributed by atoms with Crippen LogP contribution in [0.2, 0.25) is 5.02 Å². The van der Waals surface area contributed by atoms with Gasteiger partial charge in [-0.25, -0.2) is 4.79 Å². The van der Waals surface area contributed by atoms with Gasteiger partial charge in [0.05, 0.1) is 4.47 Å². The van der Waals surface area contributed by atoms with Crippen molar-refractivity contribution in [2.45, 2.75) is 32.7 Å². The fourth-order valence-corrected chi connectivity index (χ4v) is 3.11. The summed E-state index contributed by atoms with van der Waals surface area (Å²) < 4.78 is 6.02. The first-order valence-corrected chi connectivity index (χ1v) is 8.04. The van der Waals surface area contributed by atoms with E-state index in [-0.39, 0.29) is 11.8 Å². The molecule has 0 radical (unpaired) electrons. The van der Waals surface area contributed by atoms with Crippen LogP contribution in [0.25, 0.3) is 0 Å². The number of halogens is 2. The number of likely N-dealkylation sites (tertiary alicyclic amines) is 1. The van der Waals surface area contributed by atoms with Gasteiger partial charge in [0.2, 0.25) is 5.91 Å². The highest BCUT2D eigenvalue weighted by Gasteiger charge is 2.36. The number of carbonyl (C=O) groups excluding carboxylic acids is 2. The molecule has 1 fully saturated rings. The Kier molecular flexibility index (Phi) is 5.27. The van der Waals surface area contributed by atoms with Crippen LogP contribution in [0.1, 0.15) is 26.7 Å². The van der Waals surface area contributed by atoms with Crippen molar-refractivity contribution in [3.05, 3.63) is 27.7 Å². The first kappa shape index (κ1) is 16.3. The summed E-state index contributed by atoms with van der Waals surface area (Å²) in [5.74, 6) is -0.122. The Morgan fingerprint density at radius 2 is 2.14 bits per heavy atom. The maximum atomic E-state index is 12.3. The van der Waals surface area contributed by atoms with E-state index >= 15 is 0 Å². The minimum Gasteiger partial charge on any atom is -0.424 e. The van der Waals surface area contributed by atoms with Gasteiger partial charge in [0, 0.05) is 17.5 Å². The second-order valence-electron chi connectivity index (χ2n) is 5.34. The van der Waals surface area contributed by atoms with Crippen molar-refractivity contribution >= 4 is 39.4 Å². The Hall–Kier alpha value is -1.07. The van der Waals surface area contributed by atoms with Gasteiger partial charge in [0.1, 0.15) is 11.8 Å². The molecule has 21 heavy (non-hydrogen) atoms. The fraction of sp³-hybridized carbons (Fsp3) is 0.467. The standard InChI is InChI=1S/C15H17BrClNO3/c1-9(2)14(19)18-7-3-4-12(18)15(20)21-13-6-5-10(17)8-11(13)16/h5-6,8-9,12H,3-4,7H2,1-2H3. The normalized spacial score (nSPS) is 18.1. The summed E-state index contributed by atoms with van der Waals surface area (Å²) in [5, 5.41) is 0.555. The monoisotopic (exact) mass is 373 g/mol. The Morgan fingerprint density at radius 3 is 2.76 bits per heavy atom. The highest BCUT2D eigenvalue weighted by molar-refractivity contribution is 9.10. The van der Waals surface area contributed by atoms with Crippen LogP contribution in [0, 0.1) is 5.92 Å². The van der Waals surface area contributed by atoms with Crippen LogP contribution in [0.5, 0.6) is 5.75 Å². The van der Waals surface area contributed by atoms with Crippen LogP contribution in [0.3, 0.4) is 0 Å². The summed E-state index contributed by atoms with van der Waals surface area (Å²) in [6.07, 6.45) is 1.46. The number of carbonyl (C=O) groups is 2. The maximum absolute atomic E-state index is 12.3. The summed E-state index contributed by atoms with van der Waals surface area (Å²) in [6, 6.07) is 4.45. The molecule has 6 heteroatoms. The number of amides is 1. The van der Waals surface area contributed by atoms with E-state index in [1.165, 1.54) is 0 Å². The molecular formula is C15H17BrClNO3. The Morgan fingerprint density at radius 1 is 1.43 bits per heavy atom. The number of esters is 1. The molecule has 1 heterocycles. The fourth-order valence-electron chi connectivity index (χ4n) is 2.34. The molecule has 114 valence electrons. The van der Waals surface area contributed by atoms with Gasteiger partial charge in [0.25, 0.3) is 0 Å². The number of nitrogens with zero attached hydrogens (tertiary/aromatic N) is 1. The van der Waals surface area contributed by atoms with Gasteiger partial charge in [-0.15, -0.1) is 0 Å². The molecule has 0 saturated carbocycles. The lowest BCUT2D eigenvalue weighted by Gasteiger charge is -2.25. The number of benzene rings is 1. The Labute approximate surface area is 137 Å². The third-order valence-electron chi connectivity index (χ3n) is 3.41. The minimum absolute atomic E-state index is 0.00961. The van der Waals surface area contributed by atoms with E-state index < -0.39 is 12.0 Å². The number of hydrogen-bond donors (Lipinski definition) is 0. The molecule has 0 aliphatic carbocycles. The summed E-state index contributed by atoms with van der Waals surface area (Å²) in [4.78, 5) is 26.1. The van der Waals surface area contributed by atoms with E-state index in [0.717, 1.165) is 6.42 Å². The lowest BCUT2D eigenvalue weighted by Crippen LogP contribution is -2.44. The number of hydrogen-bond acceptors (Lipinski definition) is 3. The molecule has 0 aromatic heterocycles. The van der Waals surface area contributed by atoms with Crippen LogP contribution >= 0.6 is 27.5 Å². The first-order chi connectivity index (χ1) is 9.90. The second-order valence-corrected chi connectivity index (χ2v) is 6.63. The van der Waals surface area contributed by atoms with Gasteiger partial charge >= 0.3 is 5.97 Å². The van der Waals surface area contributed by atoms with Crippen molar-refractivity contribution in [3.63, 3.8) is 0 Å². The molecular weight excluding hydrogens is 358 g/mol. The van der Waals surface area contributed by atoms with Gasteiger partial charge in [-0.3, -0.25) is 4.79 Å². The Balaban J connectivity index is 2.10. The quantitative estimate of drug-likeness (QED) is 0.599. The lowest BCUT2D eigenvalue weighted by molar-refractivity contribution is -0.147. The average molecular weight is 375 g/mol. The minimum atomic E-state index is -0.498. The zero-order valence-electron chi connectivity index (χ0n) is 11.9. The van der Waals surface area contributed by atoms with E-state index in [2.05, 4.69) is 15.9 Å². The SMILES string of the molecule is CC(C)C(=O)N1CCCC1C(=O)Oc1ccc(Cl)cc1Br. The van der Waals surface area contributed by atoms with Crippen LogP contribution in [-0.4, -0.2) is 29.4 Å². The highest BCUT2D eigenvalue weighted by Crippen LogP contribution is 2.29. The van der Waals surface area contributed by atoms with Crippen molar-refractivity contribution in [2.75, 3.05) is 6.54 Å². The lowest BCUT2D eigenvalue weighted by atomic mass is 10.1. The van der Waals surface area contributed by atoms with Gasteiger partial charge in [-0.05, 0) is 47.0 Å². The molecule has 1 aliphatic rings. The van der Waals surface area contributed by atoms with Crippen LogP contribution < -0.4 is 4.74 Å². The largest absolute Gasteiger partial charge is 0.424 e. The molecule has 0 bridgehead atoms. The van der Waals surface area contributed by atoms with Crippen molar-refractivity contribution in [1.82, 2.24) is 4.90 Å². The van der Waals surface area contributed by atoms with Crippen LogP contribution in [-0.2, 0) is 9.59 Å². The predicted molar refractivity (Wildman–Crippen MR) is 84.4 cm³/mol. The molecule has 1 unspecified atom stereocenters. The molecule has 0 N–H and O–H groups in total. The molecule has 1 saturated heterocycles. The summed E-state index contributed by atoms with van der Waals surface area (Å²) in [5.41, 5.74) is 0. The molecule has 2 rings (SSSR count). The third kappa shape index (κ3) is 3.77. The smallest absolute Gasteiger partial charge is 0.334 e. The average Bonchev–Trinajstić information content (AvgIpc) is 2.90. The van der Waals surface area contributed by atoms with Gasteiger partial charge in [-0.1, -0.05) is 25.4 Å². The summed E-state index contributed by atoms with van der Waals surface area (Å²) in [7, 11) is 0. The van der Waals surface area contributed by atoms with E-state index in [0.29, 0.717) is 28.2 Å². The first-order valence-electron chi connectivity index (χ1n) is 6.87. The molecule has 1 atom stereocenters. The van der Waals surface area contributed by atoms with Crippen molar-refractivity contribution in [2.24, 2.45) is 5.92 Å². The van der Waals surface area contributed by atoms with Crippen LogP contribution in [0.15, 0.2) is 22.7 Å². The summed E-state index contributed by atoms with van der Waals surface area (Å²) in [6.45, 7) is 4.27. The third-order valence-corrected chi connectivity index (χ3v) is 4.26. The molecule has 1 aliphatic heterocycles. The zero-order chi connectivity index (χ0) is 15.6. The zero-order valence-corrected chi connectivity index (χ0v) is 14.3. The molecule has 1 amide bonds. The number of rotatable bonds is 3. The van der Waals surface area contributed by atoms with E-state index in [4.69, 9.17) is 16.3 Å². The topological polar surface area (TPSA) is 46.6 Å².